The van der Waals surface area contributed by atoms with Gasteiger partial charge in [0.25, 0.3) is 0 Å². The van der Waals surface area contributed by atoms with Crippen LogP contribution in [0.2, 0.25) is 0 Å². The minimum Gasteiger partial charge on any atom is -0.342 e. The molecule has 0 bridgehead atoms. The lowest BCUT2D eigenvalue weighted by Gasteiger charge is -2.37. The van der Waals surface area contributed by atoms with Crippen LogP contribution in [-0.2, 0) is 0 Å². The molecule has 1 aliphatic heterocycles. The van der Waals surface area contributed by atoms with Crippen molar-refractivity contribution in [2.75, 3.05) is 9.80 Å². The number of anilines is 2. The van der Waals surface area contributed by atoms with Crippen LogP contribution in [-0.4, -0.2) is 6.04 Å². The molecule has 1 aliphatic rings. The van der Waals surface area contributed by atoms with E-state index in [0.717, 1.165) is 0 Å². The molecule has 0 N–H and O–H groups in total. The summed E-state index contributed by atoms with van der Waals surface area (Å²) in [7, 11) is 0. The summed E-state index contributed by atoms with van der Waals surface area (Å²) in [6, 6.07) is 37.9. The van der Waals surface area contributed by atoms with E-state index in [1.807, 2.05) is 0 Å². The van der Waals surface area contributed by atoms with Gasteiger partial charge in [-0.3, -0.25) is 0 Å². The first kappa shape index (κ1) is 21.3. The Morgan fingerprint density at radius 3 is 1.73 bits per heavy atom. The van der Waals surface area contributed by atoms with Gasteiger partial charge in [0.15, 0.2) is 0 Å². The first-order chi connectivity index (χ1) is 16.1. The van der Waals surface area contributed by atoms with Gasteiger partial charge < -0.3 is 9.80 Å². The summed E-state index contributed by atoms with van der Waals surface area (Å²) in [6.45, 7) is 9.12. The molecular formula is C31H32N2. The van der Waals surface area contributed by atoms with E-state index in [2.05, 4.69) is 141 Å². The average molecular weight is 433 g/mol. The summed E-state index contributed by atoms with van der Waals surface area (Å²) in [4.78, 5) is 5.29. The summed E-state index contributed by atoms with van der Waals surface area (Å²) in [6.07, 6.45) is 0.0925. The molecule has 4 aromatic rings. The Balaban J connectivity index is 1.81. The zero-order valence-corrected chi connectivity index (χ0v) is 19.9. The molecule has 0 saturated carbocycles. The molecule has 0 radical (unpaired) electrons. The van der Waals surface area contributed by atoms with Crippen LogP contribution in [0.15, 0.2) is 103 Å². The molecule has 1 heterocycles. The van der Waals surface area contributed by atoms with Crippen molar-refractivity contribution in [1.29, 1.82) is 0 Å². The maximum atomic E-state index is 2.65. The van der Waals surface area contributed by atoms with Gasteiger partial charge in [-0.1, -0.05) is 84.9 Å². The number of para-hydroxylation sites is 2. The maximum Gasteiger partial charge on any atom is 0.129 e. The fraction of sp³-hybridized carbons (Fsp3) is 0.226. The predicted molar refractivity (Wildman–Crippen MR) is 140 cm³/mol. The van der Waals surface area contributed by atoms with Gasteiger partial charge in [-0.05, 0) is 68.1 Å². The van der Waals surface area contributed by atoms with Crippen molar-refractivity contribution in [2.24, 2.45) is 0 Å². The molecule has 2 heteroatoms. The summed E-state index contributed by atoms with van der Waals surface area (Å²) in [5, 5.41) is 0. The Bertz CT molecular complexity index is 1210. The molecule has 0 amide bonds. The highest BCUT2D eigenvalue weighted by atomic mass is 15.5. The van der Waals surface area contributed by atoms with E-state index in [-0.39, 0.29) is 18.2 Å². The van der Waals surface area contributed by atoms with Gasteiger partial charge >= 0.3 is 0 Å². The van der Waals surface area contributed by atoms with Crippen LogP contribution in [0.5, 0.6) is 0 Å². The molecule has 5 rings (SSSR count). The molecule has 2 nitrogen and oxygen atoms in total. The Morgan fingerprint density at radius 2 is 1.09 bits per heavy atom. The average Bonchev–Trinajstić information content (AvgIpc) is 3.13. The number of hydrogen-bond acceptors (Lipinski definition) is 2. The van der Waals surface area contributed by atoms with Crippen molar-refractivity contribution in [1.82, 2.24) is 0 Å². The van der Waals surface area contributed by atoms with E-state index < -0.39 is 0 Å². The zero-order chi connectivity index (χ0) is 22.9. The quantitative estimate of drug-likeness (QED) is 0.325. The smallest absolute Gasteiger partial charge is 0.129 e. The molecule has 4 aromatic carbocycles. The molecule has 0 aromatic heterocycles. The van der Waals surface area contributed by atoms with Gasteiger partial charge in [-0.15, -0.1) is 0 Å². The van der Waals surface area contributed by atoms with Crippen LogP contribution in [0, 0.1) is 20.8 Å². The van der Waals surface area contributed by atoms with Crippen LogP contribution < -0.4 is 9.80 Å². The monoisotopic (exact) mass is 432 g/mol. The third-order valence-electron chi connectivity index (χ3n) is 7.11. The zero-order valence-electron chi connectivity index (χ0n) is 19.9. The summed E-state index contributed by atoms with van der Waals surface area (Å²) < 4.78 is 0. The van der Waals surface area contributed by atoms with E-state index >= 15 is 0 Å². The highest BCUT2D eigenvalue weighted by Crippen LogP contribution is 2.51. The second-order valence-electron chi connectivity index (χ2n) is 9.21. The molecule has 166 valence electrons. The van der Waals surface area contributed by atoms with Crippen LogP contribution in [0.1, 0.15) is 46.9 Å². The summed E-state index contributed by atoms with van der Waals surface area (Å²) in [5.74, 6) is 0. The molecular weight excluding hydrogens is 400 g/mol. The lowest BCUT2D eigenvalue weighted by Crippen LogP contribution is -2.34. The Kier molecular flexibility index (Phi) is 5.68. The van der Waals surface area contributed by atoms with E-state index in [0.29, 0.717) is 0 Å². The van der Waals surface area contributed by atoms with Gasteiger partial charge in [0.1, 0.15) is 6.17 Å². The minimum absolute atomic E-state index is 0.0925. The van der Waals surface area contributed by atoms with Crippen molar-refractivity contribution in [3.8, 4) is 0 Å². The highest BCUT2D eigenvalue weighted by Gasteiger charge is 2.47. The number of aryl methyl sites for hydroxylation is 3. The standard InChI is InChI=1S/C31H32N2/c1-22-14-11-12-21-28(22)32-25(4)30(26-17-7-5-8-18-26)33(27-19-9-6-10-20-27)31(32)29-23(2)15-13-16-24(29)3/h5-21,25,30-31H,1-4H3/t25-,30?,31?/m0/s1. The van der Waals surface area contributed by atoms with Crippen LogP contribution in [0.25, 0.3) is 0 Å². The second-order valence-corrected chi connectivity index (χ2v) is 9.21. The van der Waals surface area contributed by atoms with Crippen LogP contribution in [0.4, 0.5) is 11.4 Å². The molecule has 2 unspecified atom stereocenters. The Morgan fingerprint density at radius 1 is 0.545 bits per heavy atom. The normalized spacial score (nSPS) is 20.3. The van der Waals surface area contributed by atoms with E-state index in [1.54, 1.807) is 0 Å². The molecule has 0 spiro atoms. The summed E-state index contributed by atoms with van der Waals surface area (Å²) >= 11 is 0. The largest absolute Gasteiger partial charge is 0.342 e. The minimum atomic E-state index is 0.0925. The van der Waals surface area contributed by atoms with Gasteiger partial charge in [0, 0.05) is 16.9 Å². The first-order valence-corrected chi connectivity index (χ1v) is 11.9. The predicted octanol–water partition coefficient (Wildman–Crippen LogP) is 7.77. The van der Waals surface area contributed by atoms with Gasteiger partial charge in [0.05, 0.1) is 12.1 Å². The molecule has 1 fully saturated rings. The second kappa shape index (κ2) is 8.78. The fourth-order valence-electron chi connectivity index (χ4n) is 5.60. The van der Waals surface area contributed by atoms with Gasteiger partial charge in [0.2, 0.25) is 0 Å². The van der Waals surface area contributed by atoms with Crippen molar-refractivity contribution in [3.63, 3.8) is 0 Å². The maximum absolute atomic E-state index is 2.65. The van der Waals surface area contributed by atoms with Crippen molar-refractivity contribution >= 4 is 11.4 Å². The van der Waals surface area contributed by atoms with Crippen molar-refractivity contribution in [2.45, 2.75) is 45.9 Å². The molecule has 3 atom stereocenters. The molecule has 33 heavy (non-hydrogen) atoms. The van der Waals surface area contributed by atoms with E-state index in [4.69, 9.17) is 0 Å². The third-order valence-corrected chi connectivity index (χ3v) is 7.11. The highest BCUT2D eigenvalue weighted by molar-refractivity contribution is 5.66. The van der Waals surface area contributed by atoms with E-state index in [9.17, 15) is 0 Å². The fourth-order valence-corrected chi connectivity index (χ4v) is 5.60. The lowest BCUT2D eigenvalue weighted by atomic mass is 9.97. The number of nitrogens with zero attached hydrogens (tertiary/aromatic N) is 2. The first-order valence-electron chi connectivity index (χ1n) is 11.9. The van der Waals surface area contributed by atoms with Crippen LogP contribution >= 0.6 is 0 Å². The lowest BCUT2D eigenvalue weighted by molar-refractivity contribution is 0.631. The van der Waals surface area contributed by atoms with Gasteiger partial charge in [-0.2, -0.15) is 0 Å². The third kappa shape index (κ3) is 3.70. The van der Waals surface area contributed by atoms with E-state index in [1.165, 1.54) is 39.2 Å². The van der Waals surface area contributed by atoms with Gasteiger partial charge in [-0.25, -0.2) is 0 Å². The Labute approximate surface area is 198 Å². The molecule has 1 saturated heterocycles. The van der Waals surface area contributed by atoms with Crippen LogP contribution in [0.3, 0.4) is 0 Å². The number of hydrogen-bond donors (Lipinski definition) is 0. The SMILES string of the molecule is Cc1ccccc1N1C(c2c(C)cccc2C)N(c2ccccc2)C(c2ccccc2)[C@@H]1C. The number of benzene rings is 4. The topological polar surface area (TPSA) is 6.48 Å². The summed E-state index contributed by atoms with van der Waals surface area (Å²) in [5.41, 5.74) is 9.28. The van der Waals surface area contributed by atoms with Crippen molar-refractivity contribution < 1.29 is 0 Å². The van der Waals surface area contributed by atoms with Crippen molar-refractivity contribution in [3.05, 3.63) is 131 Å². The number of rotatable bonds is 4. The molecule has 0 aliphatic carbocycles. The Hall–Kier alpha value is -3.52.